The zero-order chi connectivity index (χ0) is 21.3. The normalized spacial score (nSPS) is 16.1. The van der Waals surface area contributed by atoms with Crippen LogP contribution in [0.15, 0.2) is 42.5 Å². The van der Waals surface area contributed by atoms with Crippen LogP contribution in [0.3, 0.4) is 0 Å². The van der Waals surface area contributed by atoms with Crippen molar-refractivity contribution in [3.05, 3.63) is 53.9 Å². The highest BCUT2D eigenvalue weighted by Gasteiger charge is 2.34. The van der Waals surface area contributed by atoms with E-state index in [-0.39, 0.29) is 18.6 Å². The minimum absolute atomic E-state index is 0.0910. The van der Waals surface area contributed by atoms with Gasteiger partial charge < -0.3 is 24.7 Å². The van der Waals surface area contributed by atoms with Crippen molar-refractivity contribution in [2.45, 2.75) is 18.9 Å². The molecule has 1 aliphatic rings. The Balaban J connectivity index is 1.62. The summed E-state index contributed by atoms with van der Waals surface area (Å²) in [7, 11) is 3.47. The van der Waals surface area contributed by atoms with Crippen molar-refractivity contribution in [2.24, 2.45) is 12.8 Å². The summed E-state index contributed by atoms with van der Waals surface area (Å²) in [5.74, 6) is 0.945. The number of rotatable bonds is 6. The molecule has 156 valence electrons. The quantitative estimate of drug-likeness (QED) is 0.675. The molecule has 1 atom stereocenters. The highest BCUT2D eigenvalue weighted by atomic mass is 16.5. The summed E-state index contributed by atoms with van der Waals surface area (Å²) in [6, 6.07) is 12.8. The number of likely N-dealkylation sites (tertiary alicyclic amines) is 1. The van der Waals surface area contributed by atoms with Gasteiger partial charge in [-0.15, -0.1) is 0 Å². The second-order valence-electron chi connectivity index (χ2n) is 7.29. The molecule has 0 aliphatic carbocycles. The Hall–Kier alpha value is -3.55. The number of amides is 2. The van der Waals surface area contributed by atoms with Gasteiger partial charge in [0.25, 0.3) is 11.8 Å². The van der Waals surface area contributed by atoms with E-state index in [2.05, 4.69) is 4.57 Å². The number of para-hydroxylation sites is 2. The number of imidazole rings is 1. The molecule has 0 spiro atoms. The number of nitrogens with two attached hydrogens (primary N) is 1. The van der Waals surface area contributed by atoms with E-state index in [1.165, 1.54) is 7.11 Å². The summed E-state index contributed by atoms with van der Waals surface area (Å²) < 4.78 is 12.8. The van der Waals surface area contributed by atoms with Crippen LogP contribution in [0.25, 0.3) is 11.0 Å². The number of ether oxygens (including phenoxy) is 2. The Morgan fingerprint density at radius 2 is 2.00 bits per heavy atom. The van der Waals surface area contributed by atoms with E-state index in [0.29, 0.717) is 23.6 Å². The molecule has 1 aromatic heterocycles. The first-order valence-electron chi connectivity index (χ1n) is 9.81. The second-order valence-corrected chi connectivity index (χ2v) is 7.29. The van der Waals surface area contributed by atoms with Gasteiger partial charge in [0.1, 0.15) is 5.82 Å². The van der Waals surface area contributed by atoms with Gasteiger partial charge in [-0.25, -0.2) is 4.98 Å². The molecular formula is C22H24N4O4. The van der Waals surface area contributed by atoms with Gasteiger partial charge in [0.05, 0.1) is 24.2 Å². The molecule has 30 heavy (non-hydrogen) atoms. The molecule has 0 radical (unpaired) electrons. The maximum Gasteiger partial charge on any atom is 0.255 e. The second kappa shape index (κ2) is 8.06. The van der Waals surface area contributed by atoms with Crippen LogP contribution in [0.4, 0.5) is 0 Å². The van der Waals surface area contributed by atoms with Crippen molar-refractivity contribution < 1.29 is 19.1 Å². The smallest absolute Gasteiger partial charge is 0.255 e. The summed E-state index contributed by atoms with van der Waals surface area (Å²) in [6.07, 6.45) is 1.77. The molecule has 1 saturated heterocycles. The van der Waals surface area contributed by atoms with Crippen LogP contribution < -0.4 is 15.2 Å². The monoisotopic (exact) mass is 408 g/mol. The lowest BCUT2D eigenvalue weighted by Gasteiger charge is -2.25. The Kier molecular flexibility index (Phi) is 5.31. The Bertz CT molecular complexity index is 1110. The van der Waals surface area contributed by atoms with Crippen molar-refractivity contribution in [2.75, 3.05) is 20.3 Å². The van der Waals surface area contributed by atoms with Crippen LogP contribution in [0, 0.1) is 0 Å². The van der Waals surface area contributed by atoms with E-state index in [1.807, 2.05) is 36.2 Å². The number of carbonyl (C=O) groups excluding carboxylic acids is 2. The average Bonchev–Trinajstić information content (AvgIpc) is 3.36. The lowest BCUT2D eigenvalue weighted by molar-refractivity contribution is -0.119. The van der Waals surface area contributed by atoms with Gasteiger partial charge >= 0.3 is 0 Å². The van der Waals surface area contributed by atoms with E-state index >= 15 is 0 Å². The lowest BCUT2D eigenvalue weighted by Crippen LogP contribution is -2.31. The van der Waals surface area contributed by atoms with Crippen molar-refractivity contribution >= 4 is 22.8 Å². The van der Waals surface area contributed by atoms with E-state index in [1.54, 1.807) is 18.2 Å². The topological polar surface area (TPSA) is 99.7 Å². The fourth-order valence-corrected chi connectivity index (χ4v) is 3.97. The number of primary amides is 1. The number of methoxy groups -OCH3 is 1. The van der Waals surface area contributed by atoms with Crippen LogP contribution in [-0.2, 0) is 11.8 Å². The van der Waals surface area contributed by atoms with Crippen LogP contribution in [0.5, 0.6) is 11.5 Å². The molecule has 1 fully saturated rings. The number of carbonyl (C=O) groups is 2. The Morgan fingerprint density at radius 3 is 2.73 bits per heavy atom. The number of aryl methyl sites for hydroxylation is 1. The van der Waals surface area contributed by atoms with Crippen LogP contribution in [-0.4, -0.2) is 46.5 Å². The summed E-state index contributed by atoms with van der Waals surface area (Å²) in [6.45, 7) is 0.402. The SMILES string of the molecule is COc1cc(C(=O)N2CCC[C@@H]2c2nc3ccccc3n2C)ccc1OCC(N)=O. The first-order chi connectivity index (χ1) is 14.5. The molecule has 4 rings (SSSR count). The molecule has 3 aromatic rings. The molecule has 0 saturated carbocycles. The zero-order valence-corrected chi connectivity index (χ0v) is 17.0. The fourth-order valence-electron chi connectivity index (χ4n) is 3.97. The van der Waals surface area contributed by atoms with Crippen molar-refractivity contribution in [3.8, 4) is 11.5 Å². The molecular weight excluding hydrogens is 384 g/mol. The first-order valence-corrected chi connectivity index (χ1v) is 9.81. The highest BCUT2D eigenvalue weighted by Crippen LogP contribution is 2.35. The maximum atomic E-state index is 13.3. The largest absolute Gasteiger partial charge is 0.493 e. The third kappa shape index (κ3) is 3.56. The fraction of sp³-hybridized carbons (Fsp3) is 0.318. The molecule has 2 N–H and O–H groups in total. The first kappa shape index (κ1) is 19.8. The molecule has 2 heterocycles. The minimum atomic E-state index is -0.584. The number of hydrogen-bond acceptors (Lipinski definition) is 5. The van der Waals surface area contributed by atoms with Crippen LogP contribution >= 0.6 is 0 Å². The Labute approximate surface area is 174 Å². The minimum Gasteiger partial charge on any atom is -0.493 e. The molecule has 2 amide bonds. The molecule has 2 aromatic carbocycles. The number of nitrogens with zero attached hydrogens (tertiary/aromatic N) is 3. The molecule has 8 nitrogen and oxygen atoms in total. The van der Waals surface area contributed by atoms with Gasteiger partial charge in [-0.05, 0) is 43.2 Å². The third-order valence-electron chi connectivity index (χ3n) is 5.41. The predicted molar refractivity (Wildman–Crippen MR) is 111 cm³/mol. The number of benzene rings is 2. The van der Waals surface area contributed by atoms with Crippen molar-refractivity contribution in [1.82, 2.24) is 14.5 Å². The van der Waals surface area contributed by atoms with Gasteiger partial charge in [0.2, 0.25) is 0 Å². The molecule has 0 unspecified atom stereocenters. The summed E-state index contributed by atoms with van der Waals surface area (Å²) in [5.41, 5.74) is 7.59. The standard InChI is InChI=1S/C22H24N4O4/c1-25-16-7-4-3-6-15(16)24-21(25)17-8-5-11-26(17)22(28)14-9-10-18(19(12-14)29-2)30-13-20(23)27/h3-4,6-7,9-10,12,17H,5,8,11,13H2,1-2H3,(H2,23,27)/t17-/m1/s1. The van der Waals surface area contributed by atoms with Crippen LogP contribution in [0.1, 0.15) is 35.1 Å². The maximum absolute atomic E-state index is 13.3. The highest BCUT2D eigenvalue weighted by molar-refractivity contribution is 5.95. The molecule has 0 bridgehead atoms. The Morgan fingerprint density at radius 1 is 1.20 bits per heavy atom. The van der Waals surface area contributed by atoms with Gasteiger partial charge in [-0.2, -0.15) is 0 Å². The molecule has 1 aliphatic heterocycles. The lowest BCUT2D eigenvalue weighted by atomic mass is 10.1. The van der Waals surface area contributed by atoms with E-state index in [0.717, 1.165) is 29.7 Å². The van der Waals surface area contributed by atoms with Gasteiger partial charge in [-0.1, -0.05) is 12.1 Å². The molecule has 8 heteroatoms. The van der Waals surface area contributed by atoms with Crippen molar-refractivity contribution in [3.63, 3.8) is 0 Å². The number of hydrogen-bond donors (Lipinski definition) is 1. The van der Waals surface area contributed by atoms with Crippen molar-refractivity contribution in [1.29, 1.82) is 0 Å². The van der Waals surface area contributed by atoms with Gasteiger partial charge in [-0.3, -0.25) is 9.59 Å². The average molecular weight is 408 g/mol. The van der Waals surface area contributed by atoms with E-state index < -0.39 is 5.91 Å². The van der Waals surface area contributed by atoms with E-state index in [9.17, 15) is 9.59 Å². The summed E-state index contributed by atoms with van der Waals surface area (Å²) in [5, 5.41) is 0. The zero-order valence-electron chi connectivity index (χ0n) is 17.0. The van der Waals surface area contributed by atoms with Gasteiger partial charge in [0, 0.05) is 19.2 Å². The predicted octanol–water partition coefficient (Wildman–Crippen LogP) is 2.42. The van der Waals surface area contributed by atoms with Gasteiger partial charge in [0.15, 0.2) is 18.1 Å². The van der Waals surface area contributed by atoms with Crippen LogP contribution in [0.2, 0.25) is 0 Å². The number of fused-ring (bicyclic) bond motifs is 1. The summed E-state index contributed by atoms with van der Waals surface area (Å²) in [4.78, 5) is 30.9. The summed E-state index contributed by atoms with van der Waals surface area (Å²) >= 11 is 0. The van der Waals surface area contributed by atoms with E-state index in [4.69, 9.17) is 20.2 Å². The number of aromatic nitrogens is 2. The third-order valence-corrected chi connectivity index (χ3v) is 5.41.